The molecule has 1 amide bonds. The topological polar surface area (TPSA) is 29.5 Å². The van der Waals surface area contributed by atoms with E-state index in [2.05, 4.69) is 0 Å². The van der Waals surface area contributed by atoms with Crippen LogP contribution in [0.25, 0.3) is 0 Å². The second-order valence-corrected chi connectivity index (χ2v) is 6.37. The van der Waals surface area contributed by atoms with Crippen LogP contribution in [0.1, 0.15) is 24.2 Å². The molecule has 0 saturated carbocycles. The van der Waals surface area contributed by atoms with Gasteiger partial charge in [-0.05, 0) is 30.2 Å². The van der Waals surface area contributed by atoms with Crippen molar-refractivity contribution in [1.82, 2.24) is 4.90 Å². The molecule has 1 aliphatic rings. The van der Waals surface area contributed by atoms with Gasteiger partial charge in [-0.1, -0.05) is 54.1 Å². The third kappa shape index (κ3) is 3.92. The van der Waals surface area contributed by atoms with Crippen molar-refractivity contribution in [2.45, 2.75) is 25.5 Å². The first-order valence-corrected chi connectivity index (χ1v) is 8.22. The molecule has 1 aliphatic heterocycles. The molecule has 3 nitrogen and oxygen atoms in total. The highest BCUT2D eigenvalue weighted by Crippen LogP contribution is 2.25. The Kier molecular flexibility index (Phi) is 4.99. The number of nitrogens with zero attached hydrogens (tertiary/aromatic N) is 1. The summed E-state index contributed by atoms with van der Waals surface area (Å²) < 4.78 is 5.91. The van der Waals surface area contributed by atoms with E-state index in [0.717, 1.165) is 11.1 Å². The quantitative estimate of drug-likeness (QED) is 0.855. The van der Waals surface area contributed by atoms with E-state index in [1.165, 1.54) is 0 Å². The second-order valence-electron chi connectivity index (χ2n) is 5.93. The molecule has 2 aromatic rings. The number of benzene rings is 2. The molecule has 0 N–H and O–H groups in total. The molecule has 3 rings (SSSR count). The Bertz CT molecular complexity index is 657. The van der Waals surface area contributed by atoms with Crippen molar-refractivity contribution in [1.29, 1.82) is 0 Å². The van der Waals surface area contributed by atoms with Gasteiger partial charge in [-0.15, -0.1) is 0 Å². The van der Waals surface area contributed by atoms with E-state index in [0.29, 0.717) is 24.6 Å². The average Bonchev–Trinajstić information content (AvgIpc) is 2.58. The molecule has 0 radical (unpaired) electrons. The minimum Gasteiger partial charge on any atom is -0.370 e. The van der Waals surface area contributed by atoms with Crippen LogP contribution in [0.3, 0.4) is 0 Å². The Balaban J connectivity index is 1.69. The number of hydrogen-bond donors (Lipinski definition) is 0. The smallest absolute Gasteiger partial charge is 0.227 e. The summed E-state index contributed by atoms with van der Waals surface area (Å²) in [4.78, 5) is 14.6. The first kappa shape index (κ1) is 16.0. The molecule has 4 heteroatoms. The summed E-state index contributed by atoms with van der Waals surface area (Å²) in [5, 5.41) is 0.685. The zero-order valence-corrected chi connectivity index (χ0v) is 13.9. The molecular weight excluding hydrogens is 310 g/mol. The first-order chi connectivity index (χ1) is 11.1. The number of rotatable bonds is 3. The number of ether oxygens (including phenoxy) is 1. The van der Waals surface area contributed by atoms with Gasteiger partial charge in [0.25, 0.3) is 0 Å². The van der Waals surface area contributed by atoms with Crippen LogP contribution in [0.15, 0.2) is 54.6 Å². The van der Waals surface area contributed by atoms with Crippen molar-refractivity contribution in [2.75, 3.05) is 13.2 Å². The van der Waals surface area contributed by atoms with Gasteiger partial charge in [-0.2, -0.15) is 0 Å². The van der Waals surface area contributed by atoms with Crippen molar-refractivity contribution < 1.29 is 9.53 Å². The van der Waals surface area contributed by atoms with E-state index in [1.54, 1.807) is 0 Å². The van der Waals surface area contributed by atoms with E-state index in [9.17, 15) is 4.79 Å². The lowest BCUT2D eigenvalue weighted by Gasteiger charge is -2.38. The average molecular weight is 330 g/mol. The van der Waals surface area contributed by atoms with Gasteiger partial charge < -0.3 is 9.64 Å². The number of hydrogen-bond acceptors (Lipinski definition) is 2. The van der Waals surface area contributed by atoms with Crippen molar-refractivity contribution >= 4 is 17.5 Å². The minimum atomic E-state index is -0.0541. The molecular formula is C19H20ClNO2. The molecule has 0 aliphatic carbocycles. The van der Waals surface area contributed by atoms with E-state index >= 15 is 0 Å². The van der Waals surface area contributed by atoms with Crippen LogP contribution >= 0.6 is 11.6 Å². The molecule has 2 atom stereocenters. The summed E-state index contributed by atoms with van der Waals surface area (Å²) in [6, 6.07) is 17.6. The lowest BCUT2D eigenvalue weighted by atomic mass is 10.0. The van der Waals surface area contributed by atoms with Crippen LogP contribution in [0.2, 0.25) is 5.02 Å². The number of carbonyl (C=O) groups is 1. The van der Waals surface area contributed by atoms with Gasteiger partial charge in [-0.25, -0.2) is 0 Å². The molecule has 1 saturated heterocycles. The Morgan fingerprint density at radius 3 is 2.57 bits per heavy atom. The number of morpholine rings is 1. The van der Waals surface area contributed by atoms with Crippen molar-refractivity contribution in [2.24, 2.45) is 0 Å². The van der Waals surface area contributed by atoms with Gasteiger partial charge in [0.2, 0.25) is 5.91 Å². The number of amides is 1. The third-order valence-electron chi connectivity index (χ3n) is 4.19. The van der Waals surface area contributed by atoms with E-state index in [-0.39, 0.29) is 18.1 Å². The summed E-state index contributed by atoms with van der Waals surface area (Å²) in [5.74, 6) is 0.129. The summed E-state index contributed by atoms with van der Waals surface area (Å²) >= 11 is 5.90. The summed E-state index contributed by atoms with van der Waals surface area (Å²) in [7, 11) is 0. The maximum Gasteiger partial charge on any atom is 0.227 e. The molecule has 2 unspecified atom stereocenters. The highest BCUT2D eigenvalue weighted by molar-refractivity contribution is 6.30. The molecule has 1 fully saturated rings. The van der Waals surface area contributed by atoms with Gasteiger partial charge >= 0.3 is 0 Å². The molecule has 120 valence electrons. The van der Waals surface area contributed by atoms with Crippen molar-refractivity contribution in [3.8, 4) is 0 Å². The minimum absolute atomic E-state index is 0.0541. The van der Waals surface area contributed by atoms with E-state index in [4.69, 9.17) is 16.3 Å². The zero-order chi connectivity index (χ0) is 16.2. The first-order valence-electron chi connectivity index (χ1n) is 7.84. The largest absolute Gasteiger partial charge is 0.370 e. The Labute approximate surface area is 141 Å². The van der Waals surface area contributed by atoms with Crippen LogP contribution in [0.5, 0.6) is 0 Å². The number of carbonyl (C=O) groups excluding carboxylic acids is 1. The van der Waals surface area contributed by atoms with Crippen molar-refractivity contribution in [3.63, 3.8) is 0 Å². The predicted octanol–water partition coefficient (Wildman–Crippen LogP) is 3.87. The van der Waals surface area contributed by atoms with Crippen LogP contribution in [-0.4, -0.2) is 30.0 Å². The van der Waals surface area contributed by atoms with Gasteiger partial charge in [0, 0.05) is 5.02 Å². The molecule has 0 aromatic heterocycles. The van der Waals surface area contributed by atoms with Gasteiger partial charge in [0.1, 0.15) is 6.10 Å². The Morgan fingerprint density at radius 1 is 1.17 bits per heavy atom. The van der Waals surface area contributed by atoms with Crippen LogP contribution < -0.4 is 0 Å². The monoisotopic (exact) mass is 329 g/mol. The van der Waals surface area contributed by atoms with Gasteiger partial charge in [-0.3, -0.25) is 4.79 Å². The fraction of sp³-hybridized carbons (Fsp3) is 0.316. The predicted molar refractivity (Wildman–Crippen MR) is 91.5 cm³/mol. The molecule has 0 bridgehead atoms. The summed E-state index contributed by atoms with van der Waals surface area (Å²) in [6.45, 7) is 3.19. The third-order valence-corrected chi connectivity index (χ3v) is 4.45. The zero-order valence-electron chi connectivity index (χ0n) is 13.1. The second kappa shape index (κ2) is 7.16. The number of halogens is 1. The maximum atomic E-state index is 12.7. The highest BCUT2D eigenvalue weighted by atomic mass is 35.5. The normalized spacial score (nSPS) is 21.2. The molecule has 1 heterocycles. The summed E-state index contributed by atoms with van der Waals surface area (Å²) in [6.07, 6.45) is 0.338. The standard InChI is InChI=1S/C19H20ClNO2/c1-14-13-23-18(16-5-3-2-4-6-16)12-21(14)19(22)11-15-7-9-17(20)10-8-15/h2-10,14,18H,11-13H2,1H3. The van der Waals surface area contributed by atoms with Gasteiger partial charge in [0.15, 0.2) is 0 Å². The lowest BCUT2D eigenvalue weighted by Crippen LogP contribution is -2.48. The molecule has 23 heavy (non-hydrogen) atoms. The molecule has 0 spiro atoms. The van der Waals surface area contributed by atoms with E-state index < -0.39 is 0 Å². The maximum absolute atomic E-state index is 12.7. The van der Waals surface area contributed by atoms with E-state index in [1.807, 2.05) is 66.4 Å². The highest BCUT2D eigenvalue weighted by Gasteiger charge is 2.30. The van der Waals surface area contributed by atoms with Crippen LogP contribution in [-0.2, 0) is 16.0 Å². The van der Waals surface area contributed by atoms with Gasteiger partial charge in [0.05, 0.1) is 25.6 Å². The van der Waals surface area contributed by atoms with Crippen LogP contribution in [0, 0.1) is 0 Å². The Morgan fingerprint density at radius 2 is 1.87 bits per heavy atom. The van der Waals surface area contributed by atoms with Crippen LogP contribution in [0.4, 0.5) is 0 Å². The fourth-order valence-electron chi connectivity index (χ4n) is 2.85. The Hall–Kier alpha value is -1.84. The molecule has 2 aromatic carbocycles. The lowest BCUT2D eigenvalue weighted by molar-refractivity contribution is -0.143. The summed E-state index contributed by atoms with van der Waals surface area (Å²) in [5.41, 5.74) is 2.10. The van der Waals surface area contributed by atoms with Crippen molar-refractivity contribution in [3.05, 3.63) is 70.7 Å². The SMILES string of the molecule is CC1COC(c2ccccc2)CN1C(=O)Cc1ccc(Cl)cc1. The fourth-order valence-corrected chi connectivity index (χ4v) is 2.98.